The molecule has 3 heteroatoms. The van der Waals surface area contributed by atoms with Gasteiger partial charge in [-0.25, -0.2) is 0 Å². The Balaban J connectivity index is 0. The third-order valence-electron chi connectivity index (χ3n) is 0.375. The van der Waals surface area contributed by atoms with E-state index in [1.165, 1.54) is 0 Å². The minimum Gasteiger partial charge on any atom is 0 e. The maximum atomic E-state index is 3.10. The Bertz CT molecular complexity index is 39.4. The minimum atomic E-state index is 0. The maximum Gasteiger partial charge on any atom is 0 e. The summed E-state index contributed by atoms with van der Waals surface area (Å²) in [4.78, 5) is 0. The molecule has 0 aliphatic carbocycles. The first-order chi connectivity index (χ1) is 2.56. The van der Waals surface area contributed by atoms with Crippen LogP contribution >= 0.6 is 0 Å². The van der Waals surface area contributed by atoms with Crippen LogP contribution in [0.2, 0.25) is 0 Å². The van der Waals surface area contributed by atoms with Gasteiger partial charge in [0.25, 0.3) is 0 Å². The maximum absolute atomic E-state index is 3.10. The van der Waals surface area contributed by atoms with E-state index >= 15 is 0 Å². The van der Waals surface area contributed by atoms with Crippen LogP contribution in [0, 0.1) is 0 Å². The first kappa shape index (κ1) is 11.2. The number of nitrogens with one attached hydrogen (secondary N) is 1. The van der Waals surface area contributed by atoms with Crippen LogP contribution in [-0.4, -0.2) is 5.54 Å². The third kappa shape index (κ3) is 11.1. The molecule has 0 spiro atoms. The Kier molecular flexibility index (Phi) is 6.87. The third-order valence-corrected chi connectivity index (χ3v) is 1.55. The van der Waals surface area contributed by atoms with E-state index in [0.29, 0.717) is 5.54 Å². The molecule has 39 valence electrons. The van der Waals surface area contributed by atoms with E-state index in [2.05, 4.69) is 24.6 Å². The zero-order valence-corrected chi connectivity index (χ0v) is 8.12. The van der Waals surface area contributed by atoms with Crippen molar-refractivity contribution >= 4 is 0 Å². The molecule has 0 heterocycles. The van der Waals surface area contributed by atoms with Gasteiger partial charge in [-0.15, -0.1) is 0 Å². The van der Waals surface area contributed by atoms with Crippen molar-refractivity contribution in [1.29, 1.82) is 0 Å². The summed E-state index contributed by atoms with van der Waals surface area (Å²) >= 11 is 1.96. The van der Waals surface area contributed by atoms with Gasteiger partial charge in [-0.3, -0.25) is 0 Å². The molecular formula is C4H10NTi2. The second-order valence-corrected chi connectivity index (χ2v) is 2.77. The van der Waals surface area contributed by atoms with Crippen LogP contribution < -0.4 is 3.80 Å². The van der Waals surface area contributed by atoms with E-state index in [0.717, 1.165) is 0 Å². The van der Waals surface area contributed by atoms with E-state index in [4.69, 9.17) is 0 Å². The summed E-state index contributed by atoms with van der Waals surface area (Å²) in [7, 11) is 0. The van der Waals surface area contributed by atoms with Crippen LogP contribution in [0.4, 0.5) is 0 Å². The van der Waals surface area contributed by atoms with Crippen molar-refractivity contribution in [2.45, 2.75) is 26.3 Å². The monoisotopic (exact) mass is 168 g/mol. The molecule has 0 bridgehead atoms. The average molecular weight is 168 g/mol. The van der Waals surface area contributed by atoms with Gasteiger partial charge in [-0.2, -0.15) is 0 Å². The van der Waals surface area contributed by atoms with Crippen molar-refractivity contribution in [3.63, 3.8) is 0 Å². The molecule has 0 atom stereocenters. The minimum absolute atomic E-state index is 0. The van der Waals surface area contributed by atoms with Gasteiger partial charge in [0.1, 0.15) is 0 Å². The molecule has 0 aliphatic rings. The topological polar surface area (TPSA) is 12.0 Å². The quantitative estimate of drug-likeness (QED) is 0.528. The molecule has 0 fully saturated rings. The van der Waals surface area contributed by atoms with E-state index in [9.17, 15) is 0 Å². The Morgan fingerprint density at radius 1 is 1.29 bits per heavy atom. The van der Waals surface area contributed by atoms with Gasteiger partial charge in [-0.1, -0.05) is 0 Å². The summed E-state index contributed by atoms with van der Waals surface area (Å²) in [6.07, 6.45) is 0. The van der Waals surface area contributed by atoms with Crippen molar-refractivity contribution in [3.05, 3.63) is 0 Å². The van der Waals surface area contributed by atoms with Crippen molar-refractivity contribution in [2.75, 3.05) is 0 Å². The standard InChI is InChI=1S/C4H10N.2Ti/c1-4(2,3)5;;/h5H,1-3H3;;/q-1;;+1. The van der Waals surface area contributed by atoms with Gasteiger partial charge in [-0.05, 0) is 0 Å². The molecule has 0 aromatic carbocycles. The molecule has 0 saturated carbocycles. The fourth-order valence-electron chi connectivity index (χ4n) is 0. The molecule has 7 heavy (non-hydrogen) atoms. The van der Waals surface area contributed by atoms with Gasteiger partial charge in [0.15, 0.2) is 0 Å². The van der Waals surface area contributed by atoms with E-state index in [1.807, 2.05) is 20.7 Å². The molecule has 0 amide bonds. The van der Waals surface area contributed by atoms with Gasteiger partial charge in [0.05, 0.1) is 0 Å². The molecule has 0 rings (SSSR count). The summed E-state index contributed by atoms with van der Waals surface area (Å²) < 4.78 is 3.10. The number of rotatable bonds is 0. The smallest absolute Gasteiger partial charge is 0 e. The van der Waals surface area contributed by atoms with Crippen LogP contribution in [-0.2, 0) is 42.4 Å². The zero-order valence-electron chi connectivity index (χ0n) is 5.00. The van der Waals surface area contributed by atoms with E-state index in [1.54, 1.807) is 0 Å². The van der Waals surface area contributed by atoms with Gasteiger partial charge < -0.3 is 0 Å². The molecule has 0 aromatic rings. The SMILES string of the molecule is CC(C)(C)[NH][Ti].[Ti]. The van der Waals surface area contributed by atoms with Gasteiger partial charge in [0, 0.05) is 21.7 Å². The molecule has 1 N–H and O–H groups in total. The Labute approximate surface area is 72.2 Å². The van der Waals surface area contributed by atoms with Gasteiger partial charge >= 0.3 is 50.8 Å². The van der Waals surface area contributed by atoms with Crippen molar-refractivity contribution in [3.8, 4) is 0 Å². The zero-order chi connectivity index (χ0) is 5.21. The van der Waals surface area contributed by atoms with E-state index in [-0.39, 0.29) is 21.7 Å². The second kappa shape index (κ2) is 4.29. The van der Waals surface area contributed by atoms with Crippen LogP contribution in [0.25, 0.3) is 0 Å². The molecular weight excluding hydrogens is 158 g/mol. The largest absolute Gasteiger partial charge is 0 e. The Morgan fingerprint density at radius 2 is 1.43 bits per heavy atom. The molecule has 0 aromatic heterocycles. The van der Waals surface area contributed by atoms with Gasteiger partial charge in [0.2, 0.25) is 0 Å². The summed E-state index contributed by atoms with van der Waals surface area (Å²) in [5.74, 6) is 0. The number of hydrogen-bond acceptors (Lipinski definition) is 1. The summed E-state index contributed by atoms with van der Waals surface area (Å²) in [6, 6.07) is 0. The van der Waals surface area contributed by atoms with Crippen molar-refractivity contribution in [2.24, 2.45) is 0 Å². The number of hydrogen-bond donors (Lipinski definition) is 1. The predicted molar refractivity (Wildman–Crippen MR) is 22.9 cm³/mol. The molecule has 0 unspecified atom stereocenters. The predicted octanol–water partition coefficient (Wildman–Crippen LogP) is 0.834. The fourth-order valence-corrected chi connectivity index (χ4v) is 0. The average Bonchev–Trinajstić information content (AvgIpc) is 1.35. The normalized spacial score (nSPS) is 10.0. The molecule has 1 nitrogen and oxygen atoms in total. The van der Waals surface area contributed by atoms with Crippen molar-refractivity contribution < 1.29 is 42.4 Å². The Morgan fingerprint density at radius 3 is 1.43 bits per heavy atom. The summed E-state index contributed by atoms with van der Waals surface area (Å²) in [5, 5.41) is 0. The van der Waals surface area contributed by atoms with Crippen LogP contribution in [0.1, 0.15) is 20.8 Å². The molecule has 0 radical (unpaired) electrons. The first-order valence-electron chi connectivity index (χ1n) is 2.00. The summed E-state index contributed by atoms with van der Waals surface area (Å²) in [6.45, 7) is 6.40. The van der Waals surface area contributed by atoms with Crippen LogP contribution in [0.5, 0.6) is 0 Å². The van der Waals surface area contributed by atoms with Crippen molar-refractivity contribution in [1.82, 2.24) is 3.80 Å². The van der Waals surface area contributed by atoms with Crippen LogP contribution in [0.3, 0.4) is 0 Å². The second-order valence-electron chi connectivity index (χ2n) is 2.38. The molecule has 0 aliphatic heterocycles. The first-order valence-corrected chi connectivity index (χ1v) is 2.78. The fraction of sp³-hybridized carbons (Fsp3) is 1.00. The summed E-state index contributed by atoms with van der Waals surface area (Å²) in [5.41, 5.74) is 0.292. The van der Waals surface area contributed by atoms with E-state index < -0.39 is 0 Å². The Hall–Kier alpha value is 1.39. The van der Waals surface area contributed by atoms with Crippen LogP contribution in [0.15, 0.2) is 0 Å². The molecule has 0 saturated heterocycles.